The summed E-state index contributed by atoms with van der Waals surface area (Å²) in [6.45, 7) is -0.397. The van der Waals surface area contributed by atoms with Gasteiger partial charge in [0.05, 0.1) is 16.6 Å². The van der Waals surface area contributed by atoms with E-state index < -0.39 is 18.5 Å². The number of pyridine rings is 1. The number of amides is 1. The van der Waals surface area contributed by atoms with Crippen LogP contribution in [0.2, 0.25) is 0 Å². The van der Waals surface area contributed by atoms with Gasteiger partial charge in [-0.05, 0) is 30.3 Å². The number of imidazole rings is 1. The summed E-state index contributed by atoms with van der Waals surface area (Å²) >= 11 is 0. The number of aromatic amines is 1. The van der Waals surface area contributed by atoms with Crippen LogP contribution in [0.5, 0.6) is 0 Å². The fourth-order valence-corrected chi connectivity index (χ4v) is 2.70. The van der Waals surface area contributed by atoms with Crippen molar-refractivity contribution >= 4 is 28.7 Å². The zero-order chi connectivity index (χ0) is 19.3. The molecule has 0 fully saturated rings. The Labute approximate surface area is 160 Å². The summed E-state index contributed by atoms with van der Waals surface area (Å²) in [6.07, 6.45) is 1.56. The third-order valence-corrected chi connectivity index (χ3v) is 4.03. The second-order valence-corrected chi connectivity index (χ2v) is 6.02. The smallest absolute Gasteiger partial charge is 0.338 e. The molecule has 2 aromatic heterocycles. The molecule has 4 rings (SSSR count). The number of carbonyl (C=O) groups excluding carboxylic acids is 2. The van der Waals surface area contributed by atoms with E-state index in [2.05, 4.69) is 20.3 Å². The van der Waals surface area contributed by atoms with Gasteiger partial charge in [-0.3, -0.25) is 4.79 Å². The average Bonchev–Trinajstić information content (AvgIpc) is 3.17. The molecule has 0 spiro atoms. The van der Waals surface area contributed by atoms with E-state index in [0.29, 0.717) is 16.9 Å². The van der Waals surface area contributed by atoms with Gasteiger partial charge in [-0.25, -0.2) is 14.8 Å². The van der Waals surface area contributed by atoms with Crippen molar-refractivity contribution in [1.82, 2.24) is 15.0 Å². The van der Waals surface area contributed by atoms with E-state index in [1.165, 1.54) is 0 Å². The van der Waals surface area contributed by atoms with E-state index in [-0.39, 0.29) is 0 Å². The summed E-state index contributed by atoms with van der Waals surface area (Å²) in [7, 11) is 0. The number of H-pyrrole nitrogens is 1. The first kappa shape index (κ1) is 17.4. The quantitative estimate of drug-likeness (QED) is 0.523. The van der Waals surface area contributed by atoms with Crippen molar-refractivity contribution in [3.05, 3.63) is 78.5 Å². The molecule has 28 heavy (non-hydrogen) atoms. The monoisotopic (exact) mass is 372 g/mol. The molecule has 2 N–H and O–H groups in total. The highest BCUT2D eigenvalue weighted by molar-refractivity contribution is 5.97. The molecule has 0 saturated carbocycles. The molecule has 0 atom stereocenters. The predicted molar refractivity (Wildman–Crippen MR) is 105 cm³/mol. The van der Waals surface area contributed by atoms with Crippen LogP contribution in [0.4, 0.5) is 5.82 Å². The molecule has 138 valence electrons. The summed E-state index contributed by atoms with van der Waals surface area (Å²) in [5, 5.41) is 2.56. The SMILES string of the molecule is O=C(COC(=O)c1ccc2nc(-c3ccccc3)[nH]c2c1)Nc1ccccn1. The third-order valence-electron chi connectivity index (χ3n) is 4.03. The number of nitrogens with one attached hydrogen (secondary N) is 2. The normalized spacial score (nSPS) is 10.6. The molecular formula is C21H16N4O3. The number of anilines is 1. The van der Waals surface area contributed by atoms with Crippen LogP contribution >= 0.6 is 0 Å². The second kappa shape index (κ2) is 7.71. The van der Waals surface area contributed by atoms with Gasteiger partial charge in [-0.1, -0.05) is 36.4 Å². The van der Waals surface area contributed by atoms with Crippen LogP contribution < -0.4 is 5.32 Å². The number of rotatable bonds is 5. The predicted octanol–water partition coefficient (Wildman–Crippen LogP) is 3.42. The summed E-state index contributed by atoms with van der Waals surface area (Å²) in [6, 6.07) is 19.9. The number of carbonyl (C=O) groups is 2. The maximum Gasteiger partial charge on any atom is 0.338 e. The molecule has 4 aromatic rings. The zero-order valence-corrected chi connectivity index (χ0v) is 14.8. The second-order valence-electron chi connectivity index (χ2n) is 6.02. The molecule has 0 saturated heterocycles. The lowest BCUT2D eigenvalue weighted by Crippen LogP contribution is -2.21. The van der Waals surface area contributed by atoms with Crippen molar-refractivity contribution in [2.45, 2.75) is 0 Å². The molecule has 0 unspecified atom stereocenters. The largest absolute Gasteiger partial charge is 0.452 e. The van der Waals surface area contributed by atoms with Crippen LogP contribution in [0, 0.1) is 0 Å². The highest BCUT2D eigenvalue weighted by atomic mass is 16.5. The van der Waals surface area contributed by atoms with E-state index in [0.717, 1.165) is 16.9 Å². The summed E-state index contributed by atoms with van der Waals surface area (Å²) in [5.41, 5.74) is 2.74. The molecule has 0 aliphatic carbocycles. The van der Waals surface area contributed by atoms with Gasteiger partial charge in [0, 0.05) is 11.8 Å². The number of benzene rings is 2. The Bertz CT molecular complexity index is 1120. The van der Waals surface area contributed by atoms with Crippen molar-refractivity contribution in [3.8, 4) is 11.4 Å². The minimum Gasteiger partial charge on any atom is -0.452 e. The molecule has 0 aliphatic heterocycles. The van der Waals surface area contributed by atoms with E-state index in [1.807, 2.05) is 30.3 Å². The van der Waals surface area contributed by atoms with E-state index in [9.17, 15) is 9.59 Å². The molecule has 2 heterocycles. The van der Waals surface area contributed by atoms with Crippen LogP contribution in [-0.2, 0) is 9.53 Å². The Morgan fingerprint density at radius 2 is 1.82 bits per heavy atom. The zero-order valence-electron chi connectivity index (χ0n) is 14.8. The maximum absolute atomic E-state index is 12.3. The topological polar surface area (TPSA) is 97.0 Å². The number of hydrogen-bond donors (Lipinski definition) is 2. The van der Waals surface area contributed by atoms with Crippen LogP contribution in [0.3, 0.4) is 0 Å². The molecule has 7 nitrogen and oxygen atoms in total. The minimum atomic E-state index is -0.589. The molecule has 2 aromatic carbocycles. The van der Waals surface area contributed by atoms with Gasteiger partial charge in [-0.2, -0.15) is 0 Å². The number of aromatic nitrogens is 3. The number of esters is 1. The Morgan fingerprint density at radius 3 is 2.61 bits per heavy atom. The first-order chi connectivity index (χ1) is 13.7. The van der Waals surface area contributed by atoms with Crippen molar-refractivity contribution in [2.24, 2.45) is 0 Å². The molecule has 0 aliphatic rings. The van der Waals surface area contributed by atoms with Crippen LogP contribution in [0.25, 0.3) is 22.4 Å². The first-order valence-corrected chi connectivity index (χ1v) is 8.62. The Kier molecular flexibility index (Phi) is 4.79. The number of ether oxygens (including phenoxy) is 1. The Balaban J connectivity index is 1.43. The number of nitrogens with zero attached hydrogens (tertiary/aromatic N) is 2. The van der Waals surface area contributed by atoms with Crippen molar-refractivity contribution < 1.29 is 14.3 Å². The lowest BCUT2D eigenvalue weighted by atomic mass is 10.2. The molecule has 0 radical (unpaired) electrons. The summed E-state index contributed by atoms with van der Waals surface area (Å²) in [4.78, 5) is 35.9. The van der Waals surface area contributed by atoms with Crippen LogP contribution in [0.15, 0.2) is 72.9 Å². The van der Waals surface area contributed by atoms with E-state index in [1.54, 1.807) is 42.6 Å². The number of hydrogen-bond acceptors (Lipinski definition) is 5. The minimum absolute atomic E-state index is 0.335. The van der Waals surface area contributed by atoms with Crippen molar-refractivity contribution in [3.63, 3.8) is 0 Å². The molecule has 1 amide bonds. The summed E-state index contributed by atoms with van der Waals surface area (Å²) in [5.74, 6) is 0.0710. The fraction of sp³-hybridized carbons (Fsp3) is 0.0476. The maximum atomic E-state index is 12.3. The average molecular weight is 372 g/mol. The van der Waals surface area contributed by atoms with Gasteiger partial charge in [-0.15, -0.1) is 0 Å². The fourth-order valence-electron chi connectivity index (χ4n) is 2.70. The van der Waals surface area contributed by atoms with Gasteiger partial charge in [0.25, 0.3) is 5.91 Å². The highest BCUT2D eigenvalue weighted by Gasteiger charge is 2.13. The molecule has 7 heteroatoms. The lowest BCUT2D eigenvalue weighted by molar-refractivity contribution is -0.119. The first-order valence-electron chi connectivity index (χ1n) is 8.62. The Morgan fingerprint density at radius 1 is 1.00 bits per heavy atom. The molecule has 0 bridgehead atoms. The van der Waals surface area contributed by atoms with Gasteiger partial charge in [0.2, 0.25) is 0 Å². The van der Waals surface area contributed by atoms with Gasteiger partial charge in [0.1, 0.15) is 11.6 Å². The molecular weight excluding hydrogens is 356 g/mol. The highest BCUT2D eigenvalue weighted by Crippen LogP contribution is 2.21. The summed E-state index contributed by atoms with van der Waals surface area (Å²) < 4.78 is 5.09. The third kappa shape index (κ3) is 3.88. The van der Waals surface area contributed by atoms with Gasteiger partial charge in [0.15, 0.2) is 6.61 Å². The van der Waals surface area contributed by atoms with E-state index in [4.69, 9.17) is 4.74 Å². The standard InChI is InChI=1S/C21H16N4O3/c26-19(25-18-8-4-5-11-22-18)13-28-21(27)15-9-10-16-17(12-15)24-20(23-16)14-6-2-1-3-7-14/h1-12H,13H2,(H,23,24)(H,22,25,26). The van der Waals surface area contributed by atoms with Gasteiger partial charge >= 0.3 is 5.97 Å². The number of fused-ring (bicyclic) bond motifs is 1. The van der Waals surface area contributed by atoms with Crippen molar-refractivity contribution in [2.75, 3.05) is 11.9 Å². The van der Waals surface area contributed by atoms with E-state index >= 15 is 0 Å². The van der Waals surface area contributed by atoms with Crippen molar-refractivity contribution in [1.29, 1.82) is 0 Å². The Hall–Kier alpha value is -4.00. The van der Waals surface area contributed by atoms with Gasteiger partial charge < -0.3 is 15.0 Å². The lowest BCUT2D eigenvalue weighted by Gasteiger charge is -2.06. The van der Waals surface area contributed by atoms with Crippen LogP contribution in [0.1, 0.15) is 10.4 Å². The van der Waals surface area contributed by atoms with Crippen LogP contribution in [-0.4, -0.2) is 33.4 Å².